The summed E-state index contributed by atoms with van der Waals surface area (Å²) in [5.74, 6) is 1.60. The first kappa shape index (κ1) is 19.5. The van der Waals surface area contributed by atoms with Gasteiger partial charge in [0.2, 0.25) is 0 Å². The summed E-state index contributed by atoms with van der Waals surface area (Å²) in [7, 11) is 1.71. The maximum atomic E-state index is 12.4. The van der Waals surface area contributed by atoms with Gasteiger partial charge in [-0.1, -0.05) is 31.4 Å². The number of carbonyl (C=O) groups is 1. The summed E-state index contributed by atoms with van der Waals surface area (Å²) in [6, 6.07) is 12.1. The molecule has 1 aromatic carbocycles. The summed E-state index contributed by atoms with van der Waals surface area (Å²) in [6.45, 7) is 3.46. The molecule has 1 saturated carbocycles. The van der Waals surface area contributed by atoms with Crippen LogP contribution in [0.1, 0.15) is 42.6 Å². The number of hydrogen-bond donors (Lipinski definition) is 1. The highest BCUT2D eigenvalue weighted by Gasteiger charge is 2.22. The molecule has 2 aliphatic rings. The van der Waals surface area contributed by atoms with Crippen LogP contribution in [0.2, 0.25) is 0 Å². The van der Waals surface area contributed by atoms with Crippen molar-refractivity contribution in [1.29, 1.82) is 0 Å². The van der Waals surface area contributed by atoms with Gasteiger partial charge < -0.3 is 19.9 Å². The van der Waals surface area contributed by atoms with Crippen molar-refractivity contribution in [2.24, 2.45) is 0 Å². The molecule has 154 valence electrons. The van der Waals surface area contributed by atoms with Crippen LogP contribution in [0.5, 0.6) is 5.75 Å². The van der Waals surface area contributed by atoms with Crippen LogP contribution in [0, 0.1) is 0 Å². The number of methoxy groups -OCH3 is 1. The van der Waals surface area contributed by atoms with Gasteiger partial charge in [-0.3, -0.25) is 4.79 Å². The first-order valence-corrected chi connectivity index (χ1v) is 10.5. The lowest BCUT2D eigenvalue weighted by atomic mass is 9.95. The molecule has 0 unspecified atom stereocenters. The van der Waals surface area contributed by atoms with Crippen LogP contribution >= 0.6 is 0 Å². The summed E-state index contributed by atoms with van der Waals surface area (Å²) in [5, 5.41) is 11.6. The van der Waals surface area contributed by atoms with Crippen LogP contribution in [0.25, 0.3) is 0 Å². The van der Waals surface area contributed by atoms with Crippen molar-refractivity contribution in [1.82, 2.24) is 15.5 Å². The van der Waals surface area contributed by atoms with E-state index in [0.29, 0.717) is 5.69 Å². The Balaban J connectivity index is 1.33. The van der Waals surface area contributed by atoms with Gasteiger partial charge in [0, 0.05) is 32.2 Å². The molecule has 0 bridgehead atoms. The van der Waals surface area contributed by atoms with Gasteiger partial charge in [-0.2, -0.15) is 0 Å². The second-order valence-corrected chi connectivity index (χ2v) is 7.73. The second-order valence-electron chi connectivity index (χ2n) is 7.73. The van der Waals surface area contributed by atoms with E-state index in [4.69, 9.17) is 4.74 Å². The zero-order valence-corrected chi connectivity index (χ0v) is 17.0. The molecule has 0 radical (unpaired) electrons. The van der Waals surface area contributed by atoms with Gasteiger partial charge in [-0.25, -0.2) is 0 Å². The largest absolute Gasteiger partial charge is 0.495 e. The Hall–Kier alpha value is -2.83. The lowest BCUT2D eigenvalue weighted by molar-refractivity contribution is 0.0921. The predicted octanol–water partition coefficient (Wildman–Crippen LogP) is 2.87. The average molecular weight is 396 g/mol. The van der Waals surface area contributed by atoms with Crippen molar-refractivity contribution in [3.63, 3.8) is 0 Å². The van der Waals surface area contributed by atoms with Crippen LogP contribution in [-0.4, -0.2) is 55.4 Å². The quantitative estimate of drug-likeness (QED) is 0.840. The van der Waals surface area contributed by atoms with Crippen molar-refractivity contribution < 1.29 is 9.53 Å². The van der Waals surface area contributed by atoms with Crippen molar-refractivity contribution in [3.05, 3.63) is 42.1 Å². The molecule has 1 aromatic heterocycles. The predicted molar refractivity (Wildman–Crippen MR) is 114 cm³/mol. The lowest BCUT2D eigenvalue weighted by Crippen LogP contribution is -2.47. The van der Waals surface area contributed by atoms with E-state index in [1.165, 1.54) is 19.3 Å². The second kappa shape index (κ2) is 9.11. The summed E-state index contributed by atoms with van der Waals surface area (Å²) >= 11 is 0. The van der Waals surface area contributed by atoms with Gasteiger partial charge in [0.15, 0.2) is 11.5 Å². The third kappa shape index (κ3) is 4.60. The fourth-order valence-electron chi connectivity index (χ4n) is 4.19. The minimum absolute atomic E-state index is 0.114. The van der Waals surface area contributed by atoms with Crippen LogP contribution in [0.3, 0.4) is 0 Å². The number of rotatable bonds is 5. The molecular formula is C22H29N5O2. The SMILES string of the molecule is COc1ccccc1N1CCN(c2ccc(C(=O)NC3CCCCC3)nn2)CC1. The van der Waals surface area contributed by atoms with Gasteiger partial charge in [0.25, 0.3) is 5.91 Å². The van der Waals surface area contributed by atoms with Gasteiger partial charge in [-0.05, 0) is 37.1 Å². The van der Waals surface area contributed by atoms with Gasteiger partial charge in [-0.15, -0.1) is 10.2 Å². The third-order valence-electron chi connectivity index (χ3n) is 5.85. The van der Waals surface area contributed by atoms with E-state index < -0.39 is 0 Å². The fraction of sp³-hybridized carbons (Fsp3) is 0.500. The molecule has 2 heterocycles. The molecule has 0 spiro atoms. The first-order chi connectivity index (χ1) is 14.2. The number of nitrogens with one attached hydrogen (secondary N) is 1. The third-order valence-corrected chi connectivity index (χ3v) is 5.85. The fourth-order valence-corrected chi connectivity index (χ4v) is 4.19. The molecule has 0 atom stereocenters. The highest BCUT2D eigenvalue weighted by atomic mass is 16.5. The van der Waals surface area contributed by atoms with E-state index in [-0.39, 0.29) is 11.9 Å². The lowest BCUT2D eigenvalue weighted by Gasteiger charge is -2.37. The Bertz CT molecular complexity index is 812. The molecule has 7 heteroatoms. The van der Waals surface area contributed by atoms with Crippen LogP contribution in [-0.2, 0) is 0 Å². The first-order valence-electron chi connectivity index (χ1n) is 10.5. The average Bonchev–Trinajstić information content (AvgIpc) is 2.80. The number of para-hydroxylation sites is 2. The van der Waals surface area contributed by atoms with Crippen molar-refractivity contribution >= 4 is 17.4 Å². The van der Waals surface area contributed by atoms with Crippen molar-refractivity contribution in [3.8, 4) is 5.75 Å². The molecule has 7 nitrogen and oxygen atoms in total. The molecular weight excluding hydrogens is 366 g/mol. The molecule has 1 amide bonds. The van der Waals surface area contributed by atoms with Crippen LogP contribution in [0.4, 0.5) is 11.5 Å². The van der Waals surface area contributed by atoms with E-state index in [1.54, 1.807) is 13.2 Å². The summed E-state index contributed by atoms with van der Waals surface area (Å²) in [4.78, 5) is 17.0. The number of nitrogens with zero attached hydrogens (tertiary/aromatic N) is 4. The number of amides is 1. The number of carbonyl (C=O) groups excluding carboxylic acids is 1. The summed E-state index contributed by atoms with van der Waals surface area (Å²) in [6.07, 6.45) is 5.78. The normalized spacial score (nSPS) is 17.8. The summed E-state index contributed by atoms with van der Waals surface area (Å²) < 4.78 is 5.48. The van der Waals surface area contributed by atoms with E-state index in [2.05, 4.69) is 31.4 Å². The van der Waals surface area contributed by atoms with E-state index in [9.17, 15) is 4.79 Å². The maximum Gasteiger partial charge on any atom is 0.272 e. The molecule has 1 aliphatic heterocycles. The molecule has 1 saturated heterocycles. The number of anilines is 2. The zero-order valence-electron chi connectivity index (χ0n) is 17.0. The van der Waals surface area contributed by atoms with Crippen molar-refractivity contribution in [2.75, 3.05) is 43.1 Å². The topological polar surface area (TPSA) is 70.6 Å². The summed E-state index contributed by atoms with van der Waals surface area (Å²) in [5.41, 5.74) is 1.52. The monoisotopic (exact) mass is 395 g/mol. The molecule has 29 heavy (non-hydrogen) atoms. The highest BCUT2D eigenvalue weighted by Crippen LogP contribution is 2.29. The molecule has 1 aliphatic carbocycles. The molecule has 1 N–H and O–H groups in total. The Morgan fingerprint density at radius 2 is 1.69 bits per heavy atom. The molecule has 4 rings (SSSR count). The van der Waals surface area contributed by atoms with Gasteiger partial charge >= 0.3 is 0 Å². The minimum atomic E-state index is -0.114. The minimum Gasteiger partial charge on any atom is -0.495 e. The Kier molecular flexibility index (Phi) is 6.12. The van der Waals surface area contributed by atoms with Crippen LogP contribution < -0.4 is 19.9 Å². The molecule has 2 fully saturated rings. The maximum absolute atomic E-state index is 12.4. The van der Waals surface area contributed by atoms with Gasteiger partial charge in [0.05, 0.1) is 12.8 Å². The Morgan fingerprint density at radius 3 is 2.38 bits per heavy atom. The number of hydrogen-bond acceptors (Lipinski definition) is 6. The Labute approximate surface area is 172 Å². The smallest absolute Gasteiger partial charge is 0.272 e. The van der Waals surface area contributed by atoms with E-state index in [1.807, 2.05) is 24.3 Å². The number of benzene rings is 1. The van der Waals surface area contributed by atoms with Crippen molar-refractivity contribution in [2.45, 2.75) is 38.1 Å². The van der Waals surface area contributed by atoms with Crippen LogP contribution in [0.15, 0.2) is 36.4 Å². The highest BCUT2D eigenvalue weighted by molar-refractivity contribution is 5.92. The Morgan fingerprint density at radius 1 is 0.966 bits per heavy atom. The molecule has 2 aromatic rings. The standard InChI is InChI=1S/C22H29N5O2/c1-29-20-10-6-5-9-19(20)26-13-15-27(16-14-26)21-12-11-18(24-25-21)22(28)23-17-7-3-2-4-8-17/h5-6,9-12,17H,2-4,7-8,13-16H2,1H3,(H,23,28). The van der Waals surface area contributed by atoms with E-state index in [0.717, 1.165) is 56.3 Å². The zero-order chi connectivity index (χ0) is 20.1. The van der Waals surface area contributed by atoms with Gasteiger partial charge in [0.1, 0.15) is 5.75 Å². The number of ether oxygens (including phenoxy) is 1. The number of aromatic nitrogens is 2. The van der Waals surface area contributed by atoms with E-state index >= 15 is 0 Å². The number of piperazine rings is 1.